The average Bonchev–Trinajstić information content (AvgIpc) is 2.96. The van der Waals surface area contributed by atoms with E-state index >= 15 is 0 Å². The van der Waals surface area contributed by atoms with Crippen LogP contribution in [0.15, 0.2) is 10.8 Å². The first-order valence-electron chi connectivity index (χ1n) is 12.8. The van der Waals surface area contributed by atoms with Gasteiger partial charge < -0.3 is 4.74 Å². The van der Waals surface area contributed by atoms with Crippen LogP contribution in [0.4, 0.5) is 0 Å². The molecule has 2 saturated heterocycles. The molecule has 3 atom stereocenters. The minimum atomic E-state index is -2.10. The summed E-state index contributed by atoms with van der Waals surface area (Å²) in [4.78, 5) is 13.7. The first kappa shape index (κ1) is 26.5. The SMILES string of the molecule is CC(C)(C)C1=C2C1(C(C)(C)C)C1C(=O)OCC1[Si]2([Si](C)(C)C(C)(C)C)[Si](C)(C)C(C)(C)C. The fourth-order valence-corrected chi connectivity index (χ4v) is 64.5. The minimum Gasteiger partial charge on any atom is -0.465 e. The molecule has 0 aromatic rings. The van der Waals surface area contributed by atoms with Gasteiger partial charge in [0.2, 0.25) is 0 Å². The van der Waals surface area contributed by atoms with Crippen molar-refractivity contribution < 1.29 is 9.53 Å². The molecular weight excluding hydrogens is 441 g/mol. The summed E-state index contributed by atoms with van der Waals surface area (Å²) in [7, 11) is -5.78. The summed E-state index contributed by atoms with van der Waals surface area (Å²) in [6, 6.07) is 0. The van der Waals surface area contributed by atoms with E-state index in [1.807, 2.05) is 5.20 Å². The number of hydrogen-bond donors (Lipinski definition) is 0. The van der Waals surface area contributed by atoms with Crippen LogP contribution in [0, 0.1) is 22.2 Å². The lowest BCUT2D eigenvalue weighted by Gasteiger charge is -2.62. The molecular formula is C27H52O2Si3. The zero-order chi connectivity index (χ0) is 25.3. The van der Waals surface area contributed by atoms with Crippen LogP contribution < -0.4 is 0 Å². The predicted octanol–water partition coefficient (Wildman–Crippen LogP) is 8.09. The first-order chi connectivity index (χ1) is 13.9. The molecule has 2 heterocycles. The third kappa shape index (κ3) is 2.71. The van der Waals surface area contributed by atoms with Gasteiger partial charge >= 0.3 is 5.97 Å². The van der Waals surface area contributed by atoms with E-state index in [1.165, 1.54) is 0 Å². The van der Waals surface area contributed by atoms with E-state index in [2.05, 4.69) is 109 Å². The topological polar surface area (TPSA) is 26.3 Å². The van der Waals surface area contributed by atoms with E-state index in [9.17, 15) is 4.79 Å². The standard InChI is InChI=1S/C27H52O2Si3/c1-23(2,3)20-21-27(20,24(4,5)6)19-18(17-29-22(19)28)32(21,30(13,14)25(7,8)9)31(15,16)26(10,11)12/h18-19H,17H2,1-16H3. The summed E-state index contributed by atoms with van der Waals surface area (Å²) in [6.07, 6.45) is 0. The molecule has 0 bridgehead atoms. The zero-order valence-electron chi connectivity index (χ0n) is 24.2. The average molecular weight is 493 g/mol. The second-order valence-electron chi connectivity index (χ2n) is 16.3. The number of rotatable bonds is 2. The minimum absolute atomic E-state index is 0.0384. The van der Waals surface area contributed by atoms with Crippen LogP contribution in [0.5, 0.6) is 0 Å². The quantitative estimate of drug-likeness (QED) is 0.287. The van der Waals surface area contributed by atoms with Gasteiger partial charge in [0.1, 0.15) is 0 Å². The Balaban J connectivity index is 2.59. The zero-order valence-corrected chi connectivity index (χ0v) is 27.2. The van der Waals surface area contributed by atoms with E-state index in [0.717, 1.165) is 0 Å². The number of cyclic esters (lactones) is 1. The Morgan fingerprint density at radius 2 is 1.22 bits per heavy atom. The molecule has 184 valence electrons. The van der Waals surface area contributed by atoms with Gasteiger partial charge in [-0.1, -0.05) is 120 Å². The molecule has 1 aliphatic carbocycles. The van der Waals surface area contributed by atoms with Crippen molar-refractivity contribution >= 4 is 28.3 Å². The maximum Gasteiger partial charge on any atom is 0.310 e. The second-order valence-corrected chi connectivity index (χ2v) is 42.4. The highest BCUT2D eigenvalue weighted by Crippen LogP contribution is 2.85. The molecule has 0 radical (unpaired) electrons. The molecule has 5 heteroatoms. The largest absolute Gasteiger partial charge is 0.465 e. The fourth-order valence-electron chi connectivity index (χ4n) is 8.38. The Hall–Kier alpha value is -0.139. The lowest BCUT2D eigenvalue weighted by molar-refractivity contribution is -0.144. The van der Waals surface area contributed by atoms with E-state index < -0.39 is 22.3 Å². The number of hydrogen-bond acceptors (Lipinski definition) is 2. The van der Waals surface area contributed by atoms with Crippen molar-refractivity contribution in [1.82, 2.24) is 0 Å². The molecule has 0 spiro atoms. The van der Waals surface area contributed by atoms with Crippen LogP contribution in [0.1, 0.15) is 83.1 Å². The monoisotopic (exact) mass is 492 g/mol. The fraction of sp³-hybridized carbons (Fsp3) is 0.889. The number of allylic oxidation sites excluding steroid dienone is 2. The van der Waals surface area contributed by atoms with Crippen molar-refractivity contribution in [3.05, 3.63) is 10.8 Å². The van der Waals surface area contributed by atoms with Crippen molar-refractivity contribution in [2.45, 2.75) is 125 Å². The third-order valence-corrected chi connectivity index (χ3v) is 56.9. The smallest absolute Gasteiger partial charge is 0.310 e. The predicted molar refractivity (Wildman–Crippen MR) is 147 cm³/mol. The molecule has 2 fully saturated rings. The molecule has 0 N–H and O–H groups in total. The summed E-state index contributed by atoms with van der Waals surface area (Å²) in [5.74, 6) is 0.176. The number of esters is 1. The van der Waals surface area contributed by atoms with Crippen molar-refractivity contribution in [3.8, 4) is 0 Å². The van der Waals surface area contributed by atoms with Crippen LogP contribution in [0.25, 0.3) is 0 Å². The Morgan fingerprint density at radius 3 is 1.53 bits per heavy atom. The Morgan fingerprint density at radius 1 is 0.812 bits per heavy atom. The summed E-state index contributed by atoms with van der Waals surface area (Å²) in [6.45, 7) is 41.2. The van der Waals surface area contributed by atoms with Gasteiger partial charge in [-0.2, -0.15) is 0 Å². The van der Waals surface area contributed by atoms with Gasteiger partial charge in [0.15, 0.2) is 0 Å². The van der Waals surface area contributed by atoms with Gasteiger partial charge in [-0.3, -0.25) is 4.79 Å². The maximum atomic E-state index is 13.7. The summed E-state index contributed by atoms with van der Waals surface area (Å²) in [5.41, 5.74) is 2.23. The number of fused-ring (bicyclic) bond motifs is 3. The van der Waals surface area contributed by atoms with Gasteiger partial charge in [-0.15, -0.1) is 0 Å². The van der Waals surface area contributed by atoms with Crippen molar-refractivity contribution in [2.24, 2.45) is 22.2 Å². The highest BCUT2D eigenvalue weighted by Gasteiger charge is 2.89. The third-order valence-electron chi connectivity index (χ3n) is 11.1. The summed E-state index contributed by atoms with van der Waals surface area (Å²) >= 11 is 0. The van der Waals surface area contributed by atoms with Gasteiger partial charge in [0, 0.05) is 26.1 Å². The number of carbonyl (C=O) groups excluding carboxylic acids is 1. The lowest BCUT2D eigenvalue weighted by atomic mass is 9.63. The molecule has 3 rings (SSSR count). The van der Waals surface area contributed by atoms with E-state index in [-0.39, 0.29) is 38.2 Å². The molecule has 0 aromatic heterocycles. The van der Waals surface area contributed by atoms with Crippen LogP contribution in [0.2, 0.25) is 41.8 Å². The lowest BCUT2D eigenvalue weighted by Crippen LogP contribution is -2.80. The van der Waals surface area contributed by atoms with E-state index in [1.54, 1.807) is 5.57 Å². The van der Waals surface area contributed by atoms with Crippen LogP contribution in [-0.2, 0) is 9.53 Å². The first-order valence-corrected chi connectivity index (χ1v) is 22.9. The Kier molecular flexibility index (Phi) is 5.41. The van der Waals surface area contributed by atoms with Gasteiger partial charge in [-0.05, 0) is 20.9 Å². The maximum absolute atomic E-state index is 13.7. The number of ether oxygens (including phenoxy) is 1. The van der Waals surface area contributed by atoms with Gasteiger partial charge in [0.25, 0.3) is 0 Å². The van der Waals surface area contributed by atoms with E-state index in [4.69, 9.17) is 4.74 Å². The van der Waals surface area contributed by atoms with Crippen LogP contribution in [-0.4, -0.2) is 34.9 Å². The second kappa shape index (κ2) is 6.54. The normalized spacial score (nSPS) is 30.9. The highest BCUT2D eigenvalue weighted by atomic mass is 29.6. The van der Waals surface area contributed by atoms with Crippen LogP contribution in [0.3, 0.4) is 0 Å². The molecule has 0 saturated carbocycles. The molecule has 2 nitrogen and oxygen atoms in total. The molecule has 2 aliphatic heterocycles. The molecule has 3 aliphatic rings. The van der Waals surface area contributed by atoms with Crippen molar-refractivity contribution in [2.75, 3.05) is 6.61 Å². The van der Waals surface area contributed by atoms with E-state index in [0.29, 0.717) is 12.1 Å². The summed E-state index contributed by atoms with van der Waals surface area (Å²) in [5, 5.41) is 2.46. The van der Waals surface area contributed by atoms with Crippen molar-refractivity contribution in [3.63, 3.8) is 0 Å². The molecule has 3 unspecified atom stereocenters. The Bertz CT molecular complexity index is 843. The summed E-state index contributed by atoms with van der Waals surface area (Å²) < 4.78 is 6.08. The number of carbonyl (C=O) groups is 1. The van der Waals surface area contributed by atoms with Crippen molar-refractivity contribution in [1.29, 1.82) is 0 Å². The van der Waals surface area contributed by atoms with Crippen LogP contribution >= 0.6 is 0 Å². The molecule has 0 amide bonds. The van der Waals surface area contributed by atoms with Gasteiger partial charge in [0.05, 0.1) is 19.6 Å². The Labute approximate surface area is 202 Å². The highest BCUT2D eigenvalue weighted by molar-refractivity contribution is 7.73. The molecule has 0 aromatic carbocycles. The van der Waals surface area contributed by atoms with Gasteiger partial charge in [-0.25, -0.2) is 0 Å². The molecule has 32 heavy (non-hydrogen) atoms.